The molecule has 0 spiro atoms. The van der Waals surface area contributed by atoms with Crippen molar-refractivity contribution in [1.29, 1.82) is 0 Å². The first-order valence-corrected chi connectivity index (χ1v) is 6.24. The number of methoxy groups -OCH3 is 1. The molecule has 92 valence electrons. The molecule has 0 radical (unpaired) electrons. The van der Waals surface area contributed by atoms with E-state index < -0.39 is 0 Å². The molecule has 0 heterocycles. The Balaban J connectivity index is 1.69. The third kappa shape index (κ3) is 2.74. The Morgan fingerprint density at radius 1 is 1.50 bits per heavy atom. The molecule has 0 aromatic heterocycles. The first kappa shape index (κ1) is 11.9. The molecule has 0 aliphatic heterocycles. The maximum absolute atomic E-state index is 11.7. The van der Waals surface area contributed by atoms with Crippen molar-refractivity contribution in [1.82, 2.24) is 10.6 Å². The molecular formula is C12H22N2O2. The number of hydrogen-bond acceptors (Lipinski definition) is 3. The SMILES string of the molecule is COC1(CNC(C)C(=O)NC2CC2)CCC1. The second-order valence-corrected chi connectivity index (χ2v) is 5.13. The van der Waals surface area contributed by atoms with Gasteiger partial charge in [-0.25, -0.2) is 0 Å². The van der Waals surface area contributed by atoms with Crippen LogP contribution in [0.4, 0.5) is 0 Å². The molecule has 4 nitrogen and oxygen atoms in total. The lowest BCUT2D eigenvalue weighted by Crippen LogP contribution is -2.53. The van der Waals surface area contributed by atoms with Crippen LogP contribution in [-0.4, -0.2) is 37.2 Å². The van der Waals surface area contributed by atoms with Crippen molar-refractivity contribution < 1.29 is 9.53 Å². The Kier molecular flexibility index (Phi) is 3.50. The molecule has 2 saturated carbocycles. The van der Waals surface area contributed by atoms with E-state index in [4.69, 9.17) is 4.74 Å². The summed E-state index contributed by atoms with van der Waals surface area (Å²) in [7, 11) is 1.76. The summed E-state index contributed by atoms with van der Waals surface area (Å²) in [6.07, 6.45) is 5.72. The third-order valence-corrected chi connectivity index (χ3v) is 3.75. The van der Waals surface area contributed by atoms with Crippen LogP contribution in [0.3, 0.4) is 0 Å². The predicted molar refractivity (Wildman–Crippen MR) is 62.2 cm³/mol. The zero-order valence-corrected chi connectivity index (χ0v) is 10.2. The lowest BCUT2D eigenvalue weighted by molar-refractivity contribution is -0.123. The van der Waals surface area contributed by atoms with E-state index in [9.17, 15) is 4.79 Å². The van der Waals surface area contributed by atoms with Crippen LogP contribution in [0.1, 0.15) is 39.0 Å². The average Bonchev–Trinajstić information content (AvgIpc) is 3.00. The van der Waals surface area contributed by atoms with Gasteiger partial charge >= 0.3 is 0 Å². The summed E-state index contributed by atoms with van der Waals surface area (Å²) < 4.78 is 5.50. The van der Waals surface area contributed by atoms with Gasteiger partial charge in [0.25, 0.3) is 0 Å². The smallest absolute Gasteiger partial charge is 0.237 e. The van der Waals surface area contributed by atoms with Crippen molar-refractivity contribution in [3.05, 3.63) is 0 Å². The van der Waals surface area contributed by atoms with Crippen molar-refractivity contribution in [2.45, 2.75) is 56.7 Å². The van der Waals surface area contributed by atoms with Gasteiger partial charge in [0, 0.05) is 19.7 Å². The molecule has 1 unspecified atom stereocenters. The molecule has 0 bridgehead atoms. The highest BCUT2D eigenvalue weighted by Gasteiger charge is 2.37. The van der Waals surface area contributed by atoms with Gasteiger partial charge in [0.05, 0.1) is 11.6 Å². The van der Waals surface area contributed by atoms with Crippen LogP contribution in [0.15, 0.2) is 0 Å². The number of amides is 1. The van der Waals surface area contributed by atoms with Crippen LogP contribution in [0, 0.1) is 0 Å². The number of ether oxygens (including phenoxy) is 1. The molecule has 2 aliphatic rings. The average molecular weight is 226 g/mol. The zero-order chi connectivity index (χ0) is 11.6. The van der Waals surface area contributed by atoms with Crippen molar-refractivity contribution in [3.8, 4) is 0 Å². The fraction of sp³-hybridized carbons (Fsp3) is 0.917. The molecule has 2 aliphatic carbocycles. The minimum Gasteiger partial charge on any atom is -0.377 e. The van der Waals surface area contributed by atoms with E-state index >= 15 is 0 Å². The first-order chi connectivity index (χ1) is 7.65. The van der Waals surface area contributed by atoms with Crippen molar-refractivity contribution >= 4 is 5.91 Å². The summed E-state index contributed by atoms with van der Waals surface area (Å²) >= 11 is 0. The van der Waals surface area contributed by atoms with Crippen LogP contribution in [0.25, 0.3) is 0 Å². The standard InChI is InChI=1S/C12H22N2O2/c1-9(11(15)14-10-4-5-10)13-8-12(16-2)6-3-7-12/h9-10,13H,3-8H2,1-2H3,(H,14,15). The van der Waals surface area contributed by atoms with Gasteiger partial charge in [0.2, 0.25) is 5.91 Å². The van der Waals surface area contributed by atoms with Crippen molar-refractivity contribution in [2.24, 2.45) is 0 Å². The molecule has 4 heteroatoms. The number of rotatable bonds is 6. The van der Waals surface area contributed by atoms with Gasteiger partial charge in [-0.05, 0) is 39.0 Å². The minimum atomic E-state index is -0.117. The summed E-state index contributed by atoms with van der Waals surface area (Å²) in [6, 6.07) is 0.324. The Bertz CT molecular complexity index is 254. The zero-order valence-electron chi connectivity index (χ0n) is 10.2. The topological polar surface area (TPSA) is 50.4 Å². The molecule has 16 heavy (non-hydrogen) atoms. The summed E-state index contributed by atoms with van der Waals surface area (Å²) in [4.78, 5) is 11.7. The summed E-state index contributed by atoms with van der Waals surface area (Å²) in [5.74, 6) is 0.119. The molecule has 1 amide bonds. The van der Waals surface area contributed by atoms with Crippen LogP contribution < -0.4 is 10.6 Å². The van der Waals surface area contributed by atoms with Gasteiger partial charge in [-0.1, -0.05) is 0 Å². The number of nitrogens with one attached hydrogen (secondary N) is 2. The van der Waals surface area contributed by atoms with Crippen LogP contribution in [0.5, 0.6) is 0 Å². The Labute approximate surface area is 97.1 Å². The van der Waals surface area contributed by atoms with Gasteiger partial charge in [-0.15, -0.1) is 0 Å². The van der Waals surface area contributed by atoms with Crippen LogP contribution >= 0.6 is 0 Å². The highest BCUT2D eigenvalue weighted by molar-refractivity contribution is 5.81. The molecule has 1 atom stereocenters. The van der Waals surface area contributed by atoms with Gasteiger partial charge in [0.1, 0.15) is 0 Å². The second-order valence-electron chi connectivity index (χ2n) is 5.13. The first-order valence-electron chi connectivity index (χ1n) is 6.24. The van der Waals surface area contributed by atoms with Crippen LogP contribution in [-0.2, 0) is 9.53 Å². The summed E-state index contributed by atoms with van der Waals surface area (Å²) in [6.45, 7) is 2.70. The van der Waals surface area contributed by atoms with Crippen LogP contribution in [0.2, 0.25) is 0 Å². The van der Waals surface area contributed by atoms with E-state index in [1.165, 1.54) is 6.42 Å². The highest BCUT2D eigenvalue weighted by atomic mass is 16.5. The van der Waals surface area contributed by atoms with Gasteiger partial charge in [-0.3, -0.25) is 4.79 Å². The van der Waals surface area contributed by atoms with Gasteiger partial charge < -0.3 is 15.4 Å². The molecular weight excluding hydrogens is 204 g/mol. The number of carbonyl (C=O) groups excluding carboxylic acids is 1. The lowest BCUT2D eigenvalue weighted by atomic mass is 9.80. The number of hydrogen-bond donors (Lipinski definition) is 2. The maximum Gasteiger partial charge on any atom is 0.237 e. The molecule has 0 aromatic carbocycles. The largest absolute Gasteiger partial charge is 0.377 e. The molecule has 2 N–H and O–H groups in total. The monoisotopic (exact) mass is 226 g/mol. The van der Waals surface area contributed by atoms with E-state index in [2.05, 4.69) is 10.6 Å². The normalized spacial score (nSPS) is 24.6. The summed E-state index contributed by atoms with van der Waals surface area (Å²) in [5, 5.41) is 6.27. The van der Waals surface area contributed by atoms with E-state index in [-0.39, 0.29) is 17.6 Å². The molecule has 2 rings (SSSR count). The fourth-order valence-corrected chi connectivity index (χ4v) is 2.01. The molecule has 0 saturated heterocycles. The quantitative estimate of drug-likeness (QED) is 0.705. The minimum absolute atomic E-state index is 0.00583. The Morgan fingerprint density at radius 3 is 2.62 bits per heavy atom. The second kappa shape index (κ2) is 4.72. The fourth-order valence-electron chi connectivity index (χ4n) is 2.01. The van der Waals surface area contributed by atoms with Gasteiger partial charge in [-0.2, -0.15) is 0 Å². The van der Waals surface area contributed by atoms with Crippen molar-refractivity contribution in [3.63, 3.8) is 0 Å². The maximum atomic E-state index is 11.7. The molecule has 2 fully saturated rings. The van der Waals surface area contributed by atoms with E-state index in [1.54, 1.807) is 7.11 Å². The van der Waals surface area contributed by atoms with E-state index in [1.807, 2.05) is 6.92 Å². The van der Waals surface area contributed by atoms with E-state index in [0.29, 0.717) is 6.04 Å². The van der Waals surface area contributed by atoms with E-state index in [0.717, 1.165) is 32.2 Å². The van der Waals surface area contributed by atoms with Crippen molar-refractivity contribution in [2.75, 3.05) is 13.7 Å². The number of carbonyl (C=O) groups is 1. The van der Waals surface area contributed by atoms with Gasteiger partial charge in [0.15, 0.2) is 0 Å². The molecule has 0 aromatic rings. The summed E-state index contributed by atoms with van der Waals surface area (Å²) in [5.41, 5.74) is -0.00583. The Hall–Kier alpha value is -0.610. The predicted octanol–water partition coefficient (Wildman–Crippen LogP) is 0.812. The third-order valence-electron chi connectivity index (χ3n) is 3.75. The lowest BCUT2D eigenvalue weighted by Gasteiger charge is -2.41. The highest BCUT2D eigenvalue weighted by Crippen LogP contribution is 2.34. The Morgan fingerprint density at radius 2 is 2.19 bits per heavy atom.